The highest BCUT2D eigenvalue weighted by Gasteiger charge is 2.30. The lowest BCUT2D eigenvalue weighted by Crippen LogP contribution is -2.23. The van der Waals surface area contributed by atoms with Crippen LogP contribution in [0, 0.1) is 0 Å². The molecule has 212 valence electrons. The molecule has 41 heavy (non-hydrogen) atoms. The van der Waals surface area contributed by atoms with E-state index in [0.717, 1.165) is 23.9 Å². The monoisotopic (exact) mass is 600 g/mol. The van der Waals surface area contributed by atoms with Crippen LogP contribution in [0.5, 0.6) is 5.75 Å². The maximum Gasteiger partial charge on any atom is 0.251 e. The average molecular weight is 601 g/mol. The predicted octanol–water partition coefficient (Wildman–Crippen LogP) is 6.15. The molecule has 1 aliphatic carbocycles. The van der Waals surface area contributed by atoms with Gasteiger partial charge in [0.05, 0.1) is 56.5 Å². The predicted molar refractivity (Wildman–Crippen MR) is 148 cm³/mol. The second-order valence-electron chi connectivity index (χ2n) is 9.99. The number of carbonyl (C=O) groups is 1. The molecule has 6 rings (SSSR count). The molecule has 1 fully saturated rings. The number of pyridine rings is 3. The fraction of sp³-hybridized carbons (Fsp3) is 0.310. The van der Waals surface area contributed by atoms with Crippen molar-refractivity contribution in [3.63, 3.8) is 0 Å². The number of nitrogens with one attached hydrogen (secondary N) is 1. The maximum absolute atomic E-state index is 14.2. The van der Waals surface area contributed by atoms with Crippen molar-refractivity contribution in [3.8, 4) is 17.1 Å². The lowest BCUT2D eigenvalue weighted by Gasteiger charge is -2.12. The summed E-state index contributed by atoms with van der Waals surface area (Å²) in [5.74, 6) is -0.165. The molecule has 4 aromatic rings. The van der Waals surface area contributed by atoms with Gasteiger partial charge in [-0.1, -0.05) is 17.7 Å². The van der Waals surface area contributed by atoms with Crippen LogP contribution in [0.3, 0.4) is 0 Å². The van der Waals surface area contributed by atoms with Gasteiger partial charge in [0.2, 0.25) is 6.43 Å². The summed E-state index contributed by atoms with van der Waals surface area (Å²) in [4.78, 5) is 26.8. The fourth-order valence-corrected chi connectivity index (χ4v) is 6.26. The Hall–Kier alpha value is -3.57. The van der Waals surface area contributed by atoms with Crippen LogP contribution in [-0.2, 0) is 23.8 Å². The molecular formula is C29H24ClF3N4O3S. The first kappa shape index (κ1) is 27.6. The molecule has 12 heteroatoms. The van der Waals surface area contributed by atoms with Gasteiger partial charge >= 0.3 is 0 Å². The van der Waals surface area contributed by atoms with Crippen molar-refractivity contribution < 1.29 is 26.9 Å². The van der Waals surface area contributed by atoms with E-state index in [-0.39, 0.29) is 53.1 Å². The topological polar surface area (TPSA) is 94.1 Å². The van der Waals surface area contributed by atoms with E-state index in [4.69, 9.17) is 26.3 Å². The number of amides is 1. The first-order chi connectivity index (χ1) is 19.8. The maximum atomic E-state index is 14.2. The number of nitrogens with zero attached hydrogens (tertiary/aromatic N) is 3. The van der Waals surface area contributed by atoms with Gasteiger partial charge in [-0.25, -0.2) is 18.2 Å². The summed E-state index contributed by atoms with van der Waals surface area (Å²) < 4.78 is 58.3. The first-order valence-corrected chi connectivity index (χ1v) is 14.7. The largest absolute Gasteiger partial charge is 0.491 e. The number of carbonyl (C=O) groups excluding carboxylic acids is 1. The number of hydrogen-bond acceptors (Lipinski definition) is 6. The number of halogens is 4. The van der Waals surface area contributed by atoms with Crippen molar-refractivity contribution in [2.75, 3.05) is 6.61 Å². The number of hydrogen-bond donors (Lipinski definition) is 1. The van der Waals surface area contributed by atoms with Crippen molar-refractivity contribution in [2.45, 2.75) is 55.0 Å². The van der Waals surface area contributed by atoms with Crippen LogP contribution < -0.4 is 10.1 Å². The minimum atomic E-state index is -2.43. The molecule has 1 amide bonds. The van der Waals surface area contributed by atoms with Gasteiger partial charge in [-0.15, -0.1) is 0 Å². The molecule has 2 unspecified atom stereocenters. The molecule has 0 bridgehead atoms. The van der Waals surface area contributed by atoms with Crippen LogP contribution in [0.2, 0.25) is 5.02 Å². The summed E-state index contributed by atoms with van der Waals surface area (Å²) in [6.07, 6.45) is 0.745. The average Bonchev–Trinajstić information content (AvgIpc) is 3.81. The van der Waals surface area contributed by atoms with E-state index in [2.05, 4.69) is 10.3 Å². The smallest absolute Gasteiger partial charge is 0.251 e. The highest BCUT2D eigenvalue weighted by molar-refractivity contribution is 7.85. The van der Waals surface area contributed by atoms with Crippen molar-refractivity contribution in [2.24, 2.45) is 0 Å². The Kier molecular flexibility index (Phi) is 7.65. The van der Waals surface area contributed by atoms with Crippen molar-refractivity contribution in [3.05, 3.63) is 76.2 Å². The number of ether oxygens (including phenoxy) is 1. The fourth-order valence-electron chi connectivity index (χ4n) is 4.75. The highest BCUT2D eigenvalue weighted by Crippen LogP contribution is 2.42. The van der Waals surface area contributed by atoms with Crippen LogP contribution in [0.25, 0.3) is 22.3 Å². The van der Waals surface area contributed by atoms with Crippen molar-refractivity contribution in [1.82, 2.24) is 20.3 Å². The summed E-state index contributed by atoms with van der Waals surface area (Å²) in [6.45, 7) is 0.101. The molecular weight excluding hydrogens is 577 g/mol. The lowest BCUT2D eigenvalue weighted by molar-refractivity contribution is 0.0950. The third kappa shape index (κ3) is 5.92. The van der Waals surface area contributed by atoms with E-state index in [1.54, 1.807) is 24.4 Å². The Morgan fingerprint density at radius 1 is 1.10 bits per heavy atom. The second-order valence-corrected chi connectivity index (χ2v) is 11.9. The first-order valence-electron chi connectivity index (χ1n) is 13.1. The SMILES string of the molecule is O=C(NCc1cc2nc(-c3ccc(CC(F)F)c(C4CC4)n3)ccc2cn1)c1cc(Cl)c2c(c1)S(=O)C(F)CCO2. The summed E-state index contributed by atoms with van der Waals surface area (Å²) in [7, 11) is -2.01. The van der Waals surface area contributed by atoms with Gasteiger partial charge in [-0.3, -0.25) is 19.0 Å². The molecule has 1 N–H and O–H groups in total. The Morgan fingerprint density at radius 2 is 1.88 bits per heavy atom. The number of alkyl halides is 3. The zero-order chi connectivity index (χ0) is 28.7. The van der Waals surface area contributed by atoms with E-state index in [0.29, 0.717) is 28.2 Å². The molecule has 0 spiro atoms. The zero-order valence-corrected chi connectivity index (χ0v) is 23.2. The molecule has 0 saturated heterocycles. The van der Waals surface area contributed by atoms with E-state index >= 15 is 0 Å². The summed E-state index contributed by atoms with van der Waals surface area (Å²) in [5.41, 5.74) is 2.17. The van der Waals surface area contributed by atoms with Crippen molar-refractivity contribution >= 4 is 39.2 Å². The molecule has 4 heterocycles. The van der Waals surface area contributed by atoms with Crippen LogP contribution in [-0.4, -0.2) is 43.6 Å². The normalized spacial score (nSPS) is 18.6. The zero-order valence-electron chi connectivity index (χ0n) is 21.6. The molecule has 3 aromatic heterocycles. The number of rotatable bonds is 7. The van der Waals surface area contributed by atoms with Gasteiger partial charge in [-0.05, 0) is 54.8 Å². The standard InChI is InChI=1S/C29H24ClF3N4O3S/c30-20-9-18(10-24-28(20)40-8-7-26(33)41(24)39)29(38)35-14-19-12-23-17(13-34-19)4-6-21(36-23)22-5-3-16(11-25(31)32)27(37-22)15-1-2-15/h3-6,9-10,12-13,15,25-26H,1-2,7-8,11,14H2,(H,35,38). The van der Waals surface area contributed by atoms with E-state index in [1.807, 2.05) is 12.1 Å². The Labute approximate surface area is 241 Å². The minimum Gasteiger partial charge on any atom is -0.491 e. The molecule has 0 radical (unpaired) electrons. The summed E-state index contributed by atoms with van der Waals surface area (Å²) >= 11 is 6.26. The molecule has 1 saturated carbocycles. The molecule has 2 aliphatic rings. The Morgan fingerprint density at radius 3 is 2.66 bits per heavy atom. The van der Waals surface area contributed by atoms with E-state index < -0.39 is 28.6 Å². The van der Waals surface area contributed by atoms with Gasteiger partial charge in [0, 0.05) is 41.6 Å². The van der Waals surface area contributed by atoms with Gasteiger partial charge in [0.25, 0.3) is 5.91 Å². The Bertz CT molecular complexity index is 1690. The third-order valence-electron chi connectivity index (χ3n) is 6.99. The van der Waals surface area contributed by atoms with Crippen molar-refractivity contribution in [1.29, 1.82) is 0 Å². The number of aromatic nitrogens is 3. The molecule has 7 nitrogen and oxygen atoms in total. The summed E-state index contributed by atoms with van der Waals surface area (Å²) in [5, 5.41) is 3.61. The molecule has 2 atom stereocenters. The third-order valence-corrected chi connectivity index (χ3v) is 8.70. The van der Waals surface area contributed by atoms with Crippen LogP contribution in [0.4, 0.5) is 13.2 Å². The molecule has 1 aromatic carbocycles. The Balaban J connectivity index is 1.21. The molecule has 1 aliphatic heterocycles. The van der Waals surface area contributed by atoms with Gasteiger partial charge < -0.3 is 10.1 Å². The van der Waals surface area contributed by atoms with Gasteiger partial charge in [0.15, 0.2) is 11.3 Å². The van der Waals surface area contributed by atoms with Crippen LogP contribution >= 0.6 is 11.6 Å². The summed E-state index contributed by atoms with van der Waals surface area (Å²) in [6, 6.07) is 11.6. The van der Waals surface area contributed by atoms with Gasteiger partial charge in [-0.2, -0.15) is 0 Å². The second kappa shape index (κ2) is 11.4. The van der Waals surface area contributed by atoms with Crippen LogP contribution in [0.1, 0.15) is 52.5 Å². The minimum absolute atomic E-state index is 0.0374. The number of fused-ring (bicyclic) bond motifs is 2. The van der Waals surface area contributed by atoms with E-state index in [9.17, 15) is 22.2 Å². The quantitative estimate of drug-likeness (QED) is 0.274. The van der Waals surface area contributed by atoms with Crippen LogP contribution in [0.15, 0.2) is 53.6 Å². The van der Waals surface area contributed by atoms with Gasteiger partial charge in [0.1, 0.15) is 0 Å². The lowest BCUT2D eigenvalue weighted by atomic mass is 10.1. The van der Waals surface area contributed by atoms with E-state index in [1.165, 1.54) is 12.1 Å². The number of benzene rings is 1. The highest BCUT2D eigenvalue weighted by atomic mass is 35.5.